The van der Waals surface area contributed by atoms with Crippen LogP contribution in [0, 0.1) is 15.9 Å². The van der Waals surface area contributed by atoms with Crippen LogP contribution in [0.5, 0.6) is 0 Å². The van der Waals surface area contributed by atoms with Gasteiger partial charge in [-0.2, -0.15) is 0 Å². The summed E-state index contributed by atoms with van der Waals surface area (Å²) in [6.45, 7) is 0.456. The zero-order valence-electron chi connectivity index (χ0n) is 10.8. The van der Waals surface area contributed by atoms with Crippen LogP contribution in [0.25, 0.3) is 0 Å². The van der Waals surface area contributed by atoms with Gasteiger partial charge in [-0.25, -0.2) is 9.18 Å². The fourth-order valence-electron chi connectivity index (χ4n) is 2.50. The molecule has 7 heteroatoms. The van der Waals surface area contributed by atoms with Crippen LogP contribution in [0.4, 0.5) is 15.8 Å². The number of carboxylic acids is 1. The van der Waals surface area contributed by atoms with E-state index < -0.39 is 22.8 Å². The molecule has 2 rings (SSSR count). The van der Waals surface area contributed by atoms with Crippen LogP contribution in [0.15, 0.2) is 18.2 Å². The lowest BCUT2D eigenvalue weighted by Crippen LogP contribution is -2.40. The SMILES string of the molecule is O=C(O)C1CCCCCN1c1cc(F)cc([N+](=O)[O-])c1. The number of carbonyl (C=O) groups is 1. The summed E-state index contributed by atoms with van der Waals surface area (Å²) < 4.78 is 13.5. The predicted octanol–water partition coefficient (Wildman–Crippen LogP) is 2.57. The minimum absolute atomic E-state index is 0.256. The Morgan fingerprint density at radius 2 is 2.10 bits per heavy atom. The van der Waals surface area contributed by atoms with Gasteiger partial charge in [0.15, 0.2) is 0 Å². The molecule has 1 aliphatic heterocycles. The van der Waals surface area contributed by atoms with Gasteiger partial charge in [-0.3, -0.25) is 10.1 Å². The monoisotopic (exact) mass is 282 g/mol. The van der Waals surface area contributed by atoms with Crippen LogP contribution >= 0.6 is 0 Å². The Hall–Kier alpha value is -2.18. The third kappa shape index (κ3) is 3.04. The number of hydrogen-bond acceptors (Lipinski definition) is 4. The highest BCUT2D eigenvalue weighted by Crippen LogP contribution is 2.28. The summed E-state index contributed by atoms with van der Waals surface area (Å²) in [5.74, 6) is -1.72. The molecule has 0 spiro atoms. The van der Waals surface area contributed by atoms with E-state index in [0.717, 1.165) is 31.4 Å². The summed E-state index contributed by atoms with van der Waals surface area (Å²) in [6, 6.07) is 2.44. The number of non-ortho nitro benzene ring substituents is 1. The predicted molar refractivity (Wildman–Crippen MR) is 70.3 cm³/mol. The first kappa shape index (κ1) is 14.2. The first-order chi connectivity index (χ1) is 9.49. The zero-order chi connectivity index (χ0) is 14.7. The van der Waals surface area contributed by atoms with Gasteiger partial charge in [-0.1, -0.05) is 12.8 Å². The van der Waals surface area contributed by atoms with Crippen molar-refractivity contribution in [2.24, 2.45) is 0 Å². The van der Waals surface area contributed by atoms with Gasteiger partial charge in [0.25, 0.3) is 5.69 Å². The molecule has 1 saturated heterocycles. The van der Waals surface area contributed by atoms with E-state index in [-0.39, 0.29) is 11.4 Å². The maximum Gasteiger partial charge on any atom is 0.326 e. The van der Waals surface area contributed by atoms with E-state index in [9.17, 15) is 24.4 Å². The Kier molecular flexibility index (Phi) is 4.16. The lowest BCUT2D eigenvalue weighted by molar-refractivity contribution is -0.385. The molecule has 1 aromatic rings. The molecule has 1 unspecified atom stereocenters. The van der Waals surface area contributed by atoms with E-state index in [0.29, 0.717) is 13.0 Å². The number of rotatable bonds is 3. The summed E-state index contributed by atoms with van der Waals surface area (Å²) in [7, 11) is 0. The van der Waals surface area contributed by atoms with E-state index in [1.165, 1.54) is 6.07 Å². The van der Waals surface area contributed by atoms with Crippen molar-refractivity contribution in [1.82, 2.24) is 0 Å². The number of nitrogens with zero attached hydrogens (tertiary/aromatic N) is 2. The van der Waals surface area contributed by atoms with E-state index in [4.69, 9.17) is 0 Å². The zero-order valence-corrected chi connectivity index (χ0v) is 10.8. The maximum atomic E-state index is 13.5. The summed E-state index contributed by atoms with van der Waals surface area (Å²) in [6.07, 6.45) is 2.93. The van der Waals surface area contributed by atoms with Crippen molar-refractivity contribution < 1.29 is 19.2 Å². The van der Waals surface area contributed by atoms with Crippen LogP contribution < -0.4 is 4.90 Å². The molecule has 0 radical (unpaired) electrons. The number of aliphatic carboxylic acids is 1. The largest absolute Gasteiger partial charge is 0.480 e. The maximum absolute atomic E-state index is 13.5. The van der Waals surface area contributed by atoms with Gasteiger partial charge in [0.05, 0.1) is 11.0 Å². The molecule has 20 heavy (non-hydrogen) atoms. The van der Waals surface area contributed by atoms with Crippen molar-refractivity contribution in [1.29, 1.82) is 0 Å². The second-order valence-electron chi connectivity index (χ2n) is 4.82. The van der Waals surface area contributed by atoms with Crippen LogP contribution in [-0.2, 0) is 4.79 Å². The molecule has 1 atom stereocenters. The molecule has 1 aromatic carbocycles. The van der Waals surface area contributed by atoms with Crippen LogP contribution in [0.2, 0.25) is 0 Å². The highest BCUT2D eigenvalue weighted by molar-refractivity contribution is 5.78. The summed E-state index contributed by atoms with van der Waals surface area (Å²) in [5, 5.41) is 20.0. The molecule has 0 amide bonds. The number of nitro groups is 1. The van der Waals surface area contributed by atoms with Gasteiger partial charge >= 0.3 is 5.97 Å². The van der Waals surface area contributed by atoms with Gasteiger partial charge in [0.1, 0.15) is 11.9 Å². The topological polar surface area (TPSA) is 83.7 Å². The highest BCUT2D eigenvalue weighted by atomic mass is 19.1. The molecule has 1 N–H and O–H groups in total. The Morgan fingerprint density at radius 1 is 1.35 bits per heavy atom. The molecule has 0 aliphatic carbocycles. The molecule has 0 bridgehead atoms. The van der Waals surface area contributed by atoms with Gasteiger partial charge in [-0.15, -0.1) is 0 Å². The Labute approximate surface area is 115 Å². The van der Waals surface area contributed by atoms with E-state index in [2.05, 4.69) is 0 Å². The average Bonchev–Trinajstić information content (AvgIpc) is 2.63. The van der Waals surface area contributed by atoms with E-state index in [1.54, 1.807) is 4.90 Å². The summed E-state index contributed by atoms with van der Waals surface area (Å²) >= 11 is 0. The van der Waals surface area contributed by atoms with Crippen molar-refractivity contribution in [2.75, 3.05) is 11.4 Å². The lowest BCUT2D eigenvalue weighted by Gasteiger charge is -2.28. The van der Waals surface area contributed by atoms with Gasteiger partial charge in [-0.05, 0) is 18.9 Å². The normalized spacial score (nSPS) is 19.4. The number of hydrogen-bond donors (Lipinski definition) is 1. The van der Waals surface area contributed by atoms with Gasteiger partial charge < -0.3 is 10.0 Å². The summed E-state index contributed by atoms with van der Waals surface area (Å²) in [5.41, 5.74) is -0.112. The Morgan fingerprint density at radius 3 is 2.75 bits per heavy atom. The third-order valence-electron chi connectivity index (χ3n) is 3.45. The van der Waals surface area contributed by atoms with Crippen molar-refractivity contribution in [3.63, 3.8) is 0 Å². The van der Waals surface area contributed by atoms with Crippen molar-refractivity contribution in [2.45, 2.75) is 31.7 Å². The summed E-state index contributed by atoms with van der Waals surface area (Å²) in [4.78, 5) is 23.0. The molecule has 0 saturated carbocycles. The Balaban J connectivity index is 2.40. The van der Waals surface area contributed by atoms with Crippen molar-refractivity contribution in [3.05, 3.63) is 34.1 Å². The molecular weight excluding hydrogens is 267 g/mol. The number of nitro benzene ring substituents is 1. The fourth-order valence-corrected chi connectivity index (χ4v) is 2.50. The molecular formula is C13H15FN2O4. The number of anilines is 1. The first-order valence-electron chi connectivity index (χ1n) is 6.43. The molecule has 0 aromatic heterocycles. The number of halogens is 1. The first-order valence-corrected chi connectivity index (χ1v) is 6.43. The van der Waals surface area contributed by atoms with Crippen LogP contribution in [-0.4, -0.2) is 28.6 Å². The van der Waals surface area contributed by atoms with Gasteiger partial charge in [0.2, 0.25) is 0 Å². The van der Waals surface area contributed by atoms with E-state index >= 15 is 0 Å². The number of carboxylic acid groups (broad SMARTS) is 1. The van der Waals surface area contributed by atoms with Gasteiger partial charge in [0, 0.05) is 18.3 Å². The third-order valence-corrected chi connectivity index (χ3v) is 3.45. The Bertz CT molecular complexity index is 535. The minimum atomic E-state index is -0.987. The smallest absolute Gasteiger partial charge is 0.326 e. The fraction of sp³-hybridized carbons (Fsp3) is 0.462. The van der Waals surface area contributed by atoms with Crippen molar-refractivity contribution in [3.8, 4) is 0 Å². The van der Waals surface area contributed by atoms with Crippen molar-refractivity contribution >= 4 is 17.3 Å². The second-order valence-corrected chi connectivity index (χ2v) is 4.82. The molecule has 1 heterocycles. The molecule has 1 aliphatic rings. The standard InChI is InChI=1S/C13H15FN2O4/c14-9-6-10(8-11(7-9)16(19)20)15-5-3-1-2-4-12(15)13(17)18/h6-8,12H,1-5H2,(H,17,18). The van der Waals surface area contributed by atoms with Crippen LogP contribution in [0.3, 0.4) is 0 Å². The lowest BCUT2D eigenvalue weighted by atomic mass is 10.1. The minimum Gasteiger partial charge on any atom is -0.480 e. The molecule has 6 nitrogen and oxygen atoms in total. The second kappa shape index (κ2) is 5.85. The van der Waals surface area contributed by atoms with Crippen LogP contribution in [0.1, 0.15) is 25.7 Å². The highest BCUT2D eigenvalue weighted by Gasteiger charge is 2.28. The van der Waals surface area contributed by atoms with E-state index in [1.807, 2.05) is 0 Å². The molecule has 108 valence electrons. The quantitative estimate of drug-likeness (QED) is 0.680. The number of benzene rings is 1. The molecule has 1 fully saturated rings. The average molecular weight is 282 g/mol.